The summed E-state index contributed by atoms with van der Waals surface area (Å²) >= 11 is 0. The molecule has 0 atom stereocenters. The second-order valence-corrected chi connectivity index (χ2v) is 9.62. The van der Waals surface area contributed by atoms with Crippen LogP contribution in [-0.2, 0) is 5.41 Å². The molecule has 0 aliphatic carbocycles. The molecule has 2 heterocycles. The molecule has 1 aromatic heterocycles. The van der Waals surface area contributed by atoms with Crippen molar-refractivity contribution in [3.8, 4) is 5.69 Å². The maximum atomic E-state index is 4.76. The van der Waals surface area contributed by atoms with Gasteiger partial charge < -0.3 is 4.90 Å². The van der Waals surface area contributed by atoms with Gasteiger partial charge in [0.2, 0.25) is 0 Å². The normalized spacial score (nSPS) is 14.2. The standard InChI is InChI=1S/C31H24N4/c1-31(2)23-13-5-9-17-29(23)34(30-18-10-6-14-24(30)31)27-19-20-28(22-12-4-3-11-21(22)27)35-32-25-15-7-8-16-26(25)33-35/h3-20H,1-2H3. The Labute approximate surface area is 204 Å². The van der Waals surface area contributed by atoms with Crippen LogP contribution in [0.3, 0.4) is 0 Å². The van der Waals surface area contributed by atoms with Crippen LogP contribution < -0.4 is 4.90 Å². The van der Waals surface area contributed by atoms with Crippen molar-refractivity contribution in [2.45, 2.75) is 19.3 Å². The van der Waals surface area contributed by atoms with E-state index in [9.17, 15) is 0 Å². The molecule has 1 aliphatic rings. The number of aromatic nitrogens is 3. The fourth-order valence-corrected chi connectivity index (χ4v) is 5.53. The Morgan fingerprint density at radius 2 is 0.943 bits per heavy atom. The molecule has 0 saturated heterocycles. The number of rotatable bonds is 2. The predicted octanol–water partition coefficient (Wildman–Crippen LogP) is 7.68. The van der Waals surface area contributed by atoms with Crippen LogP contribution in [0, 0.1) is 0 Å². The topological polar surface area (TPSA) is 34.0 Å². The Morgan fingerprint density at radius 1 is 0.486 bits per heavy atom. The first-order valence-electron chi connectivity index (χ1n) is 12.0. The largest absolute Gasteiger partial charge is 0.309 e. The highest BCUT2D eigenvalue weighted by atomic mass is 15.5. The van der Waals surface area contributed by atoms with Crippen LogP contribution in [0.25, 0.3) is 27.5 Å². The van der Waals surface area contributed by atoms with E-state index in [2.05, 4.69) is 104 Å². The van der Waals surface area contributed by atoms with E-state index in [-0.39, 0.29) is 5.41 Å². The summed E-state index contributed by atoms with van der Waals surface area (Å²) in [5.41, 5.74) is 8.91. The summed E-state index contributed by atoms with van der Waals surface area (Å²) in [6.07, 6.45) is 0. The Hall–Kier alpha value is -4.44. The minimum Gasteiger partial charge on any atom is -0.309 e. The molecule has 4 nitrogen and oxygen atoms in total. The summed E-state index contributed by atoms with van der Waals surface area (Å²) in [7, 11) is 0. The van der Waals surface area contributed by atoms with E-state index in [1.54, 1.807) is 4.80 Å². The summed E-state index contributed by atoms with van der Waals surface area (Å²) in [6.45, 7) is 4.63. The summed E-state index contributed by atoms with van der Waals surface area (Å²) in [5, 5.41) is 11.8. The lowest BCUT2D eigenvalue weighted by atomic mass is 9.73. The molecule has 6 aromatic rings. The van der Waals surface area contributed by atoms with Gasteiger partial charge in [0.15, 0.2) is 0 Å². The van der Waals surface area contributed by atoms with Crippen LogP contribution in [-0.4, -0.2) is 15.0 Å². The molecule has 35 heavy (non-hydrogen) atoms. The first kappa shape index (κ1) is 20.0. The van der Waals surface area contributed by atoms with Crippen LogP contribution >= 0.6 is 0 Å². The average molecular weight is 453 g/mol. The smallest absolute Gasteiger partial charge is 0.113 e. The van der Waals surface area contributed by atoms with Crippen molar-refractivity contribution in [2.24, 2.45) is 0 Å². The first-order chi connectivity index (χ1) is 17.1. The van der Waals surface area contributed by atoms with Crippen molar-refractivity contribution < 1.29 is 0 Å². The van der Waals surface area contributed by atoms with E-state index < -0.39 is 0 Å². The Bertz CT molecular complexity index is 1660. The van der Waals surface area contributed by atoms with Crippen molar-refractivity contribution in [2.75, 3.05) is 4.90 Å². The molecular weight excluding hydrogens is 428 g/mol. The van der Waals surface area contributed by atoms with Gasteiger partial charge >= 0.3 is 0 Å². The van der Waals surface area contributed by atoms with Crippen molar-refractivity contribution in [1.82, 2.24) is 15.0 Å². The molecule has 0 unspecified atom stereocenters. The van der Waals surface area contributed by atoms with Crippen LogP contribution in [0.4, 0.5) is 17.1 Å². The maximum Gasteiger partial charge on any atom is 0.113 e. The summed E-state index contributed by atoms with van der Waals surface area (Å²) in [4.78, 5) is 4.17. The Kier molecular flexibility index (Phi) is 4.15. The van der Waals surface area contributed by atoms with Crippen molar-refractivity contribution in [3.05, 3.63) is 120 Å². The van der Waals surface area contributed by atoms with Crippen LogP contribution in [0.2, 0.25) is 0 Å². The van der Waals surface area contributed by atoms with Gasteiger partial charge in [-0.15, -0.1) is 15.0 Å². The van der Waals surface area contributed by atoms with Gasteiger partial charge in [0.05, 0.1) is 22.7 Å². The molecule has 0 fully saturated rings. The zero-order chi connectivity index (χ0) is 23.6. The summed E-state index contributed by atoms with van der Waals surface area (Å²) < 4.78 is 0. The van der Waals surface area contributed by atoms with Gasteiger partial charge in [-0.1, -0.05) is 86.6 Å². The molecule has 4 heteroatoms. The number of hydrogen-bond donors (Lipinski definition) is 0. The third-order valence-electron chi connectivity index (χ3n) is 7.26. The van der Waals surface area contributed by atoms with Crippen LogP contribution in [0.15, 0.2) is 109 Å². The molecule has 0 bridgehead atoms. The van der Waals surface area contributed by atoms with Gasteiger partial charge in [-0.2, -0.15) is 0 Å². The molecule has 7 rings (SSSR count). The fourth-order valence-electron chi connectivity index (χ4n) is 5.53. The van der Waals surface area contributed by atoms with Crippen molar-refractivity contribution in [3.63, 3.8) is 0 Å². The lowest BCUT2D eigenvalue weighted by Crippen LogP contribution is -2.30. The van der Waals surface area contributed by atoms with Gasteiger partial charge in [0.1, 0.15) is 11.0 Å². The van der Waals surface area contributed by atoms with E-state index in [0.717, 1.165) is 33.2 Å². The minimum atomic E-state index is -0.0848. The molecule has 5 aromatic carbocycles. The van der Waals surface area contributed by atoms with Gasteiger partial charge in [0, 0.05) is 16.2 Å². The van der Waals surface area contributed by atoms with E-state index in [4.69, 9.17) is 10.2 Å². The van der Waals surface area contributed by atoms with E-state index >= 15 is 0 Å². The molecular formula is C31H24N4. The zero-order valence-electron chi connectivity index (χ0n) is 19.7. The second-order valence-electron chi connectivity index (χ2n) is 9.62. The molecule has 0 saturated carbocycles. The molecule has 0 N–H and O–H groups in total. The van der Waals surface area contributed by atoms with Gasteiger partial charge in [-0.3, -0.25) is 0 Å². The number of benzene rings is 5. The quantitative estimate of drug-likeness (QED) is 0.270. The number of nitrogens with zero attached hydrogens (tertiary/aromatic N) is 4. The average Bonchev–Trinajstić information content (AvgIpc) is 3.33. The van der Waals surface area contributed by atoms with Crippen LogP contribution in [0.5, 0.6) is 0 Å². The minimum absolute atomic E-state index is 0.0848. The predicted molar refractivity (Wildman–Crippen MR) is 143 cm³/mol. The molecule has 1 aliphatic heterocycles. The monoisotopic (exact) mass is 452 g/mol. The van der Waals surface area contributed by atoms with Crippen molar-refractivity contribution >= 4 is 38.9 Å². The highest BCUT2D eigenvalue weighted by molar-refractivity contribution is 6.04. The number of para-hydroxylation sites is 2. The SMILES string of the molecule is CC1(C)c2ccccc2N(c2ccc(-n3nc4ccccc4n3)c3ccccc23)c2ccccc21. The van der Waals surface area contributed by atoms with Gasteiger partial charge in [0.25, 0.3) is 0 Å². The molecule has 0 radical (unpaired) electrons. The van der Waals surface area contributed by atoms with E-state index in [1.165, 1.54) is 22.5 Å². The number of fused-ring (bicyclic) bond motifs is 4. The highest BCUT2D eigenvalue weighted by Crippen LogP contribution is 2.52. The lowest BCUT2D eigenvalue weighted by Gasteiger charge is -2.42. The second kappa shape index (κ2) is 7.28. The molecule has 168 valence electrons. The van der Waals surface area contributed by atoms with Crippen molar-refractivity contribution in [1.29, 1.82) is 0 Å². The first-order valence-corrected chi connectivity index (χ1v) is 12.0. The van der Waals surface area contributed by atoms with Gasteiger partial charge in [-0.05, 0) is 47.5 Å². The summed E-state index contributed by atoms with van der Waals surface area (Å²) in [5.74, 6) is 0. The third kappa shape index (κ3) is 2.86. The van der Waals surface area contributed by atoms with Gasteiger partial charge in [-0.25, -0.2) is 0 Å². The maximum absolute atomic E-state index is 4.76. The summed E-state index contributed by atoms with van der Waals surface area (Å²) in [6, 6.07) is 38.4. The fraction of sp³-hybridized carbons (Fsp3) is 0.0968. The third-order valence-corrected chi connectivity index (χ3v) is 7.26. The van der Waals surface area contributed by atoms with E-state index in [0.29, 0.717) is 0 Å². The zero-order valence-corrected chi connectivity index (χ0v) is 19.7. The number of anilines is 3. The Balaban J connectivity index is 1.50. The van der Waals surface area contributed by atoms with Crippen LogP contribution in [0.1, 0.15) is 25.0 Å². The highest BCUT2D eigenvalue weighted by Gasteiger charge is 2.36. The molecule has 0 spiro atoms. The molecule has 0 amide bonds. The lowest BCUT2D eigenvalue weighted by molar-refractivity contribution is 0.632. The van der Waals surface area contributed by atoms with E-state index in [1.807, 2.05) is 24.3 Å². The Morgan fingerprint density at radius 3 is 1.54 bits per heavy atom. The number of hydrogen-bond acceptors (Lipinski definition) is 3.